The van der Waals surface area contributed by atoms with Crippen LogP contribution in [-0.2, 0) is 0 Å². The van der Waals surface area contributed by atoms with Crippen LogP contribution in [0.4, 0.5) is 0 Å². The number of rotatable bonds is 3. The highest BCUT2D eigenvalue weighted by atomic mass is 15.0. The Morgan fingerprint density at radius 2 is 1.07 bits per heavy atom. The smallest absolute Gasteiger partial charge is 0.0628 e. The van der Waals surface area contributed by atoms with E-state index in [2.05, 4.69) is 167 Å². The standard InChI is InChI=1S/C40H26N2/c1-2-12-34(13-3-1)41-22-21-27-19-20-38-39(40(27)41)36-15-6-7-16-37(36)42(38)35-14-8-11-30(26-35)31-17-18-32-23-28-9-4-5-10-29(28)24-33(32)25-31/h1-26H. The Bertz CT molecular complexity index is 2460. The van der Waals surface area contributed by atoms with Gasteiger partial charge < -0.3 is 9.13 Å². The van der Waals surface area contributed by atoms with Crippen molar-refractivity contribution in [3.63, 3.8) is 0 Å². The van der Waals surface area contributed by atoms with Crippen molar-refractivity contribution in [2.45, 2.75) is 0 Å². The van der Waals surface area contributed by atoms with Gasteiger partial charge in [-0.15, -0.1) is 0 Å². The predicted octanol–water partition coefficient (Wildman–Crippen LogP) is 10.7. The Kier molecular flexibility index (Phi) is 4.93. The highest BCUT2D eigenvalue weighted by molar-refractivity contribution is 6.20. The molecular weight excluding hydrogens is 508 g/mol. The molecule has 9 aromatic rings. The van der Waals surface area contributed by atoms with E-state index in [-0.39, 0.29) is 0 Å². The fourth-order valence-corrected chi connectivity index (χ4v) is 6.71. The minimum absolute atomic E-state index is 1.16. The first-order valence-electron chi connectivity index (χ1n) is 14.4. The van der Waals surface area contributed by atoms with Crippen molar-refractivity contribution in [2.24, 2.45) is 0 Å². The van der Waals surface area contributed by atoms with Gasteiger partial charge in [-0.2, -0.15) is 0 Å². The molecule has 0 unspecified atom stereocenters. The molecule has 9 rings (SSSR count). The molecule has 2 heteroatoms. The first kappa shape index (κ1) is 23.1. The summed E-state index contributed by atoms with van der Waals surface area (Å²) in [4.78, 5) is 0. The van der Waals surface area contributed by atoms with Crippen LogP contribution in [0.25, 0.3) is 76.8 Å². The van der Waals surface area contributed by atoms with Crippen LogP contribution in [0.5, 0.6) is 0 Å². The summed E-state index contributed by atoms with van der Waals surface area (Å²) < 4.78 is 4.74. The number of benzene rings is 7. The van der Waals surface area contributed by atoms with Crippen molar-refractivity contribution in [3.8, 4) is 22.5 Å². The molecule has 0 spiro atoms. The van der Waals surface area contributed by atoms with Gasteiger partial charge in [-0.1, -0.05) is 91.0 Å². The quantitative estimate of drug-likeness (QED) is 0.200. The minimum atomic E-state index is 1.16. The van der Waals surface area contributed by atoms with E-state index in [0.29, 0.717) is 0 Å². The fraction of sp³-hybridized carbons (Fsp3) is 0. The summed E-state index contributed by atoms with van der Waals surface area (Å²) >= 11 is 0. The number of para-hydroxylation sites is 2. The van der Waals surface area contributed by atoms with E-state index < -0.39 is 0 Å². The third-order valence-electron chi connectivity index (χ3n) is 8.66. The molecule has 0 aliphatic heterocycles. The zero-order chi connectivity index (χ0) is 27.6. The summed E-state index contributed by atoms with van der Waals surface area (Å²) in [7, 11) is 0. The van der Waals surface area contributed by atoms with Gasteiger partial charge in [-0.05, 0) is 93.3 Å². The summed E-state index contributed by atoms with van der Waals surface area (Å²) in [6.45, 7) is 0. The fourth-order valence-electron chi connectivity index (χ4n) is 6.71. The summed E-state index contributed by atoms with van der Waals surface area (Å²) in [6, 6.07) is 55.1. The van der Waals surface area contributed by atoms with Crippen LogP contribution >= 0.6 is 0 Å². The van der Waals surface area contributed by atoms with E-state index in [1.165, 1.54) is 71.1 Å². The summed E-state index contributed by atoms with van der Waals surface area (Å²) in [5.41, 5.74) is 8.43. The topological polar surface area (TPSA) is 9.86 Å². The SMILES string of the molecule is c1ccc(-n2ccc3ccc4c(c5ccccc5n4-c4cccc(-c5ccc6cc7ccccc7cc6c5)c4)c32)cc1. The second-order valence-corrected chi connectivity index (χ2v) is 11.1. The number of hydrogen-bond donors (Lipinski definition) is 0. The van der Waals surface area contributed by atoms with Crippen molar-refractivity contribution >= 4 is 54.3 Å². The predicted molar refractivity (Wildman–Crippen MR) is 178 cm³/mol. The monoisotopic (exact) mass is 534 g/mol. The van der Waals surface area contributed by atoms with E-state index in [0.717, 1.165) is 5.69 Å². The first-order chi connectivity index (χ1) is 20.8. The van der Waals surface area contributed by atoms with Crippen LogP contribution in [0.1, 0.15) is 0 Å². The minimum Gasteiger partial charge on any atom is -0.316 e. The highest BCUT2D eigenvalue weighted by Gasteiger charge is 2.17. The normalized spacial score (nSPS) is 11.8. The Hall–Kier alpha value is -5.60. The van der Waals surface area contributed by atoms with Crippen LogP contribution in [0, 0.1) is 0 Å². The zero-order valence-electron chi connectivity index (χ0n) is 22.9. The van der Waals surface area contributed by atoms with Crippen molar-refractivity contribution in [2.75, 3.05) is 0 Å². The van der Waals surface area contributed by atoms with E-state index in [1.807, 2.05) is 0 Å². The summed E-state index contributed by atoms with van der Waals surface area (Å²) in [6.07, 6.45) is 2.19. The second kappa shape index (κ2) is 8.95. The average Bonchev–Trinajstić information content (AvgIpc) is 3.63. The average molecular weight is 535 g/mol. The number of hydrogen-bond acceptors (Lipinski definition) is 0. The molecule has 0 aliphatic carbocycles. The molecule has 7 aromatic carbocycles. The maximum absolute atomic E-state index is 2.42. The van der Waals surface area contributed by atoms with Crippen molar-refractivity contribution in [1.29, 1.82) is 0 Å². The van der Waals surface area contributed by atoms with Crippen LogP contribution in [-0.4, -0.2) is 9.13 Å². The van der Waals surface area contributed by atoms with Crippen molar-refractivity contribution < 1.29 is 0 Å². The third-order valence-corrected chi connectivity index (χ3v) is 8.66. The van der Waals surface area contributed by atoms with Gasteiger partial charge in [0.25, 0.3) is 0 Å². The van der Waals surface area contributed by atoms with Gasteiger partial charge >= 0.3 is 0 Å². The lowest BCUT2D eigenvalue weighted by Gasteiger charge is -2.12. The molecule has 0 N–H and O–H groups in total. The lowest BCUT2D eigenvalue weighted by Crippen LogP contribution is -1.95. The molecule has 0 aliphatic rings. The van der Waals surface area contributed by atoms with Crippen LogP contribution < -0.4 is 0 Å². The molecule has 0 atom stereocenters. The first-order valence-corrected chi connectivity index (χ1v) is 14.4. The van der Waals surface area contributed by atoms with E-state index >= 15 is 0 Å². The van der Waals surface area contributed by atoms with Gasteiger partial charge in [0.15, 0.2) is 0 Å². The molecule has 2 heterocycles. The molecule has 0 bridgehead atoms. The Balaban J connectivity index is 1.27. The third kappa shape index (κ3) is 3.45. The van der Waals surface area contributed by atoms with Gasteiger partial charge in [0.2, 0.25) is 0 Å². The second-order valence-electron chi connectivity index (χ2n) is 11.1. The van der Waals surface area contributed by atoms with E-state index in [9.17, 15) is 0 Å². The lowest BCUT2D eigenvalue weighted by atomic mass is 9.98. The van der Waals surface area contributed by atoms with E-state index in [4.69, 9.17) is 0 Å². The molecule has 0 saturated heterocycles. The Morgan fingerprint density at radius 3 is 1.95 bits per heavy atom. The number of nitrogens with zero attached hydrogens (tertiary/aromatic N) is 2. The maximum Gasteiger partial charge on any atom is 0.0628 e. The van der Waals surface area contributed by atoms with E-state index in [1.54, 1.807) is 0 Å². The lowest BCUT2D eigenvalue weighted by molar-refractivity contribution is 1.13. The molecule has 2 aromatic heterocycles. The van der Waals surface area contributed by atoms with Crippen LogP contribution in [0.3, 0.4) is 0 Å². The van der Waals surface area contributed by atoms with Gasteiger partial charge in [-0.25, -0.2) is 0 Å². The molecule has 42 heavy (non-hydrogen) atoms. The molecule has 2 nitrogen and oxygen atoms in total. The van der Waals surface area contributed by atoms with Gasteiger partial charge in [-0.3, -0.25) is 0 Å². The van der Waals surface area contributed by atoms with Gasteiger partial charge in [0.1, 0.15) is 0 Å². The molecule has 0 amide bonds. The highest BCUT2D eigenvalue weighted by Crippen LogP contribution is 2.39. The van der Waals surface area contributed by atoms with Crippen molar-refractivity contribution in [3.05, 3.63) is 158 Å². The van der Waals surface area contributed by atoms with Crippen LogP contribution in [0.2, 0.25) is 0 Å². The zero-order valence-corrected chi connectivity index (χ0v) is 22.9. The number of aromatic nitrogens is 2. The Labute approximate surface area is 243 Å². The largest absolute Gasteiger partial charge is 0.316 e. The summed E-state index contributed by atoms with van der Waals surface area (Å²) in [5, 5.41) is 8.86. The maximum atomic E-state index is 2.42. The summed E-state index contributed by atoms with van der Waals surface area (Å²) in [5.74, 6) is 0. The van der Waals surface area contributed by atoms with Gasteiger partial charge in [0.05, 0.1) is 16.6 Å². The Morgan fingerprint density at radius 1 is 0.381 bits per heavy atom. The van der Waals surface area contributed by atoms with Crippen LogP contribution in [0.15, 0.2) is 158 Å². The van der Waals surface area contributed by atoms with Crippen molar-refractivity contribution in [1.82, 2.24) is 9.13 Å². The molecular formula is C40H26N2. The molecule has 0 fully saturated rings. The number of fused-ring (bicyclic) bond motifs is 7. The molecule has 0 radical (unpaired) electrons. The molecule has 0 saturated carbocycles. The molecule has 196 valence electrons. The van der Waals surface area contributed by atoms with Gasteiger partial charge in [0, 0.05) is 33.7 Å².